The van der Waals surface area contributed by atoms with Gasteiger partial charge in [0.2, 0.25) is 0 Å². The van der Waals surface area contributed by atoms with E-state index in [9.17, 15) is 0 Å². The van der Waals surface area contributed by atoms with Crippen molar-refractivity contribution in [1.29, 1.82) is 0 Å². The van der Waals surface area contributed by atoms with Gasteiger partial charge in [-0.2, -0.15) is 0 Å². The maximum atomic E-state index is 2.40. The molecule has 0 aliphatic rings. The third-order valence-electron chi connectivity index (χ3n) is 5.49. The summed E-state index contributed by atoms with van der Waals surface area (Å²) in [5, 5.41) is 0. The number of unbranched alkanes of at least 4 members (excludes halogenated alkanes) is 1. The Balaban J connectivity index is 1.73. The van der Waals surface area contributed by atoms with E-state index in [2.05, 4.69) is 82.3 Å². The molecular formula is C25H36. The van der Waals surface area contributed by atoms with Crippen LogP contribution < -0.4 is 0 Å². The summed E-state index contributed by atoms with van der Waals surface area (Å²) in [6.07, 6.45) is 7.63. The molecule has 0 saturated carbocycles. The second-order valence-corrected chi connectivity index (χ2v) is 8.04. The number of aryl methyl sites for hydroxylation is 1. The van der Waals surface area contributed by atoms with Gasteiger partial charge in [0.05, 0.1) is 0 Å². The summed E-state index contributed by atoms with van der Waals surface area (Å²) in [6, 6.07) is 20.3. The summed E-state index contributed by atoms with van der Waals surface area (Å²) in [5.74, 6) is 2.19. The Hall–Kier alpha value is -1.56. The summed E-state index contributed by atoms with van der Waals surface area (Å²) in [4.78, 5) is 0. The standard InChI is InChI=1S/C25H36/c1-5-25(20(2)3)24-17-15-23(16-18-24)19-21(4)11-9-10-14-22-12-7-6-8-13-22/h6-8,12-13,15-18,20-21,25H,5,9-11,14,19H2,1-4H3. The van der Waals surface area contributed by atoms with Crippen molar-refractivity contribution in [3.63, 3.8) is 0 Å². The topological polar surface area (TPSA) is 0 Å². The van der Waals surface area contributed by atoms with Gasteiger partial charge in [-0.1, -0.05) is 95.1 Å². The van der Waals surface area contributed by atoms with Crippen LogP contribution in [0.2, 0.25) is 0 Å². The molecule has 0 saturated heterocycles. The zero-order chi connectivity index (χ0) is 18.1. The van der Waals surface area contributed by atoms with Crippen molar-refractivity contribution in [1.82, 2.24) is 0 Å². The van der Waals surface area contributed by atoms with E-state index in [0.717, 1.165) is 11.8 Å². The normalized spacial score (nSPS) is 13.8. The van der Waals surface area contributed by atoms with Gasteiger partial charge in [-0.15, -0.1) is 0 Å². The maximum Gasteiger partial charge on any atom is -0.0141 e. The third kappa shape index (κ3) is 6.69. The molecule has 0 nitrogen and oxygen atoms in total. The highest BCUT2D eigenvalue weighted by molar-refractivity contribution is 5.26. The molecule has 2 aromatic rings. The Labute approximate surface area is 155 Å². The highest BCUT2D eigenvalue weighted by atomic mass is 14.2. The first-order valence-corrected chi connectivity index (χ1v) is 10.2. The van der Waals surface area contributed by atoms with Crippen LogP contribution in [-0.4, -0.2) is 0 Å². The van der Waals surface area contributed by atoms with Gasteiger partial charge in [0.15, 0.2) is 0 Å². The van der Waals surface area contributed by atoms with E-state index in [1.54, 1.807) is 0 Å². The minimum Gasteiger partial charge on any atom is -0.0648 e. The zero-order valence-corrected chi connectivity index (χ0v) is 16.7. The Morgan fingerprint density at radius 2 is 1.44 bits per heavy atom. The van der Waals surface area contributed by atoms with Crippen molar-refractivity contribution in [3.05, 3.63) is 71.3 Å². The molecule has 0 heterocycles. The Bertz CT molecular complexity index is 579. The van der Waals surface area contributed by atoms with Crippen LogP contribution in [0.15, 0.2) is 54.6 Å². The van der Waals surface area contributed by atoms with Crippen LogP contribution in [0.4, 0.5) is 0 Å². The monoisotopic (exact) mass is 336 g/mol. The molecule has 0 amide bonds. The summed E-state index contributed by atoms with van der Waals surface area (Å²) in [5.41, 5.74) is 4.48. The van der Waals surface area contributed by atoms with Crippen molar-refractivity contribution in [2.75, 3.05) is 0 Å². The lowest BCUT2D eigenvalue weighted by molar-refractivity contribution is 0.483. The van der Waals surface area contributed by atoms with Crippen LogP contribution >= 0.6 is 0 Å². The zero-order valence-electron chi connectivity index (χ0n) is 16.7. The van der Waals surface area contributed by atoms with Gasteiger partial charge >= 0.3 is 0 Å². The van der Waals surface area contributed by atoms with Gasteiger partial charge in [-0.3, -0.25) is 0 Å². The molecule has 25 heavy (non-hydrogen) atoms. The van der Waals surface area contributed by atoms with E-state index in [4.69, 9.17) is 0 Å². The van der Waals surface area contributed by atoms with Gasteiger partial charge in [0.25, 0.3) is 0 Å². The second-order valence-electron chi connectivity index (χ2n) is 8.04. The molecule has 2 atom stereocenters. The largest absolute Gasteiger partial charge is 0.0648 e. The lowest BCUT2D eigenvalue weighted by atomic mass is 9.85. The fourth-order valence-corrected chi connectivity index (χ4v) is 3.96. The Morgan fingerprint density at radius 3 is 2.04 bits per heavy atom. The first-order valence-electron chi connectivity index (χ1n) is 10.2. The fraction of sp³-hybridized carbons (Fsp3) is 0.520. The molecule has 0 fully saturated rings. The van der Waals surface area contributed by atoms with E-state index in [-0.39, 0.29) is 0 Å². The lowest BCUT2D eigenvalue weighted by Gasteiger charge is -2.20. The lowest BCUT2D eigenvalue weighted by Crippen LogP contribution is -2.06. The summed E-state index contributed by atoms with van der Waals surface area (Å²) >= 11 is 0. The van der Waals surface area contributed by atoms with Gasteiger partial charge < -0.3 is 0 Å². The minimum atomic E-state index is 0.699. The molecule has 0 radical (unpaired) electrons. The quantitative estimate of drug-likeness (QED) is 0.396. The van der Waals surface area contributed by atoms with E-state index in [1.807, 2.05) is 0 Å². The molecule has 0 heteroatoms. The van der Waals surface area contributed by atoms with E-state index in [1.165, 1.54) is 55.2 Å². The highest BCUT2D eigenvalue weighted by Gasteiger charge is 2.13. The average molecular weight is 337 g/mol. The number of hydrogen-bond acceptors (Lipinski definition) is 0. The number of hydrogen-bond donors (Lipinski definition) is 0. The van der Waals surface area contributed by atoms with Crippen molar-refractivity contribution >= 4 is 0 Å². The van der Waals surface area contributed by atoms with Crippen LogP contribution in [0.5, 0.6) is 0 Å². The summed E-state index contributed by atoms with van der Waals surface area (Å²) in [6.45, 7) is 9.37. The van der Waals surface area contributed by atoms with E-state index >= 15 is 0 Å². The number of rotatable bonds is 10. The highest BCUT2D eigenvalue weighted by Crippen LogP contribution is 2.28. The molecule has 0 N–H and O–H groups in total. The van der Waals surface area contributed by atoms with Crippen LogP contribution in [0.3, 0.4) is 0 Å². The fourth-order valence-electron chi connectivity index (χ4n) is 3.96. The number of benzene rings is 2. The van der Waals surface area contributed by atoms with E-state index in [0.29, 0.717) is 5.92 Å². The molecule has 0 aliphatic carbocycles. The molecule has 136 valence electrons. The average Bonchev–Trinajstić information content (AvgIpc) is 2.61. The van der Waals surface area contributed by atoms with Crippen LogP contribution in [0, 0.1) is 11.8 Å². The van der Waals surface area contributed by atoms with Gasteiger partial charge in [-0.25, -0.2) is 0 Å². The molecule has 2 rings (SSSR count). The molecular weight excluding hydrogens is 300 g/mol. The van der Waals surface area contributed by atoms with Gasteiger partial charge in [0, 0.05) is 0 Å². The molecule has 0 aromatic heterocycles. The Morgan fingerprint density at radius 1 is 0.760 bits per heavy atom. The van der Waals surface area contributed by atoms with Crippen LogP contribution in [0.25, 0.3) is 0 Å². The van der Waals surface area contributed by atoms with Gasteiger partial charge in [0.1, 0.15) is 0 Å². The molecule has 0 aliphatic heterocycles. The van der Waals surface area contributed by atoms with Crippen molar-refractivity contribution < 1.29 is 0 Å². The van der Waals surface area contributed by atoms with Crippen LogP contribution in [0.1, 0.15) is 76.0 Å². The first kappa shape index (κ1) is 19.8. The van der Waals surface area contributed by atoms with Crippen LogP contribution in [-0.2, 0) is 12.8 Å². The third-order valence-corrected chi connectivity index (χ3v) is 5.49. The molecule has 0 spiro atoms. The summed E-state index contributed by atoms with van der Waals surface area (Å²) in [7, 11) is 0. The Kier molecular flexibility index (Phi) is 8.25. The van der Waals surface area contributed by atoms with E-state index < -0.39 is 0 Å². The predicted molar refractivity (Wildman–Crippen MR) is 111 cm³/mol. The second kappa shape index (κ2) is 10.4. The molecule has 2 aromatic carbocycles. The smallest absolute Gasteiger partial charge is 0.0141 e. The maximum absolute atomic E-state index is 2.40. The minimum absolute atomic E-state index is 0.699. The molecule has 2 unspecified atom stereocenters. The summed E-state index contributed by atoms with van der Waals surface area (Å²) < 4.78 is 0. The van der Waals surface area contributed by atoms with Gasteiger partial charge in [-0.05, 0) is 60.1 Å². The first-order chi connectivity index (χ1) is 12.1. The predicted octanol–water partition coefficient (Wildman–Crippen LogP) is 7.43. The molecule has 0 bridgehead atoms. The van der Waals surface area contributed by atoms with Crippen molar-refractivity contribution in [2.24, 2.45) is 11.8 Å². The SMILES string of the molecule is CCC(c1ccc(CC(C)CCCCc2ccccc2)cc1)C(C)C. The van der Waals surface area contributed by atoms with Crippen molar-refractivity contribution in [3.8, 4) is 0 Å². The van der Waals surface area contributed by atoms with Crippen molar-refractivity contribution in [2.45, 2.75) is 72.1 Å².